The lowest BCUT2D eigenvalue weighted by Crippen LogP contribution is -2.16. The van der Waals surface area contributed by atoms with E-state index in [1.807, 2.05) is 0 Å². The molecular weight excluding hydrogens is 496 g/mol. The fourth-order valence-electron chi connectivity index (χ4n) is 6.93. The van der Waals surface area contributed by atoms with Crippen molar-refractivity contribution in [3.8, 4) is 16.8 Å². The number of benzene rings is 6. The molecule has 0 radical (unpaired) electrons. The topological polar surface area (TPSA) is 8.17 Å². The van der Waals surface area contributed by atoms with Crippen molar-refractivity contribution in [3.63, 3.8) is 0 Å². The second-order valence-corrected chi connectivity index (χ2v) is 11.4. The van der Waals surface area contributed by atoms with E-state index in [9.17, 15) is 0 Å². The number of para-hydroxylation sites is 3. The van der Waals surface area contributed by atoms with E-state index in [1.54, 1.807) is 0 Å². The van der Waals surface area contributed by atoms with Gasteiger partial charge in [-0.1, -0.05) is 105 Å². The van der Waals surface area contributed by atoms with Crippen LogP contribution in [0.2, 0.25) is 0 Å². The van der Waals surface area contributed by atoms with Gasteiger partial charge in [0, 0.05) is 38.9 Å². The summed E-state index contributed by atoms with van der Waals surface area (Å²) >= 11 is 0. The molecule has 0 atom stereocenters. The SMILES string of the molecule is CC1(C)c2ccccc2-c2ccc3c4ccccc4n(-c4ccc(N(c5ccccc5)c5ccccc5)cc4)c3c21. The average Bonchev–Trinajstić information content (AvgIpc) is 3.48. The minimum atomic E-state index is -0.102. The molecule has 6 aromatic carbocycles. The van der Waals surface area contributed by atoms with Gasteiger partial charge in [-0.3, -0.25) is 0 Å². The van der Waals surface area contributed by atoms with Crippen molar-refractivity contribution in [1.82, 2.24) is 4.57 Å². The number of hydrogen-bond donors (Lipinski definition) is 0. The molecule has 1 aromatic heterocycles. The van der Waals surface area contributed by atoms with Gasteiger partial charge in [0.2, 0.25) is 0 Å². The molecule has 0 saturated heterocycles. The maximum absolute atomic E-state index is 2.48. The lowest BCUT2D eigenvalue weighted by atomic mass is 9.81. The Morgan fingerprint density at radius 1 is 0.488 bits per heavy atom. The summed E-state index contributed by atoms with van der Waals surface area (Å²) < 4.78 is 2.48. The Labute approximate surface area is 240 Å². The summed E-state index contributed by atoms with van der Waals surface area (Å²) in [6.07, 6.45) is 0. The Bertz CT molecular complexity index is 2010. The van der Waals surface area contributed by atoms with Gasteiger partial charge in [0.15, 0.2) is 0 Å². The zero-order chi connectivity index (χ0) is 27.6. The van der Waals surface area contributed by atoms with Gasteiger partial charge in [0.1, 0.15) is 0 Å². The molecule has 0 saturated carbocycles. The fraction of sp³-hybridized carbons (Fsp3) is 0.0769. The summed E-state index contributed by atoms with van der Waals surface area (Å²) in [6.45, 7) is 4.75. The molecule has 0 bridgehead atoms. The molecule has 196 valence electrons. The summed E-state index contributed by atoms with van der Waals surface area (Å²) in [5, 5.41) is 2.59. The van der Waals surface area contributed by atoms with E-state index in [0.717, 1.165) is 17.1 Å². The lowest BCUT2D eigenvalue weighted by Gasteiger charge is -2.26. The monoisotopic (exact) mass is 526 g/mol. The maximum atomic E-state index is 2.48. The predicted octanol–water partition coefficient (Wildman–Crippen LogP) is 10.6. The molecule has 1 aliphatic carbocycles. The first kappa shape index (κ1) is 23.8. The number of fused-ring (bicyclic) bond motifs is 7. The van der Waals surface area contributed by atoms with Gasteiger partial charge >= 0.3 is 0 Å². The molecule has 7 aromatic rings. The third kappa shape index (κ3) is 3.50. The Morgan fingerprint density at radius 3 is 1.78 bits per heavy atom. The highest BCUT2D eigenvalue weighted by molar-refractivity contribution is 6.13. The van der Waals surface area contributed by atoms with Gasteiger partial charge in [-0.25, -0.2) is 0 Å². The van der Waals surface area contributed by atoms with Crippen molar-refractivity contribution in [2.75, 3.05) is 4.90 Å². The second kappa shape index (κ2) is 8.97. The molecule has 2 heteroatoms. The molecule has 0 aliphatic heterocycles. The smallest absolute Gasteiger partial charge is 0.0588 e. The predicted molar refractivity (Wildman–Crippen MR) is 173 cm³/mol. The molecule has 1 aliphatic rings. The van der Waals surface area contributed by atoms with E-state index < -0.39 is 0 Å². The lowest BCUT2D eigenvalue weighted by molar-refractivity contribution is 0.664. The van der Waals surface area contributed by atoms with Gasteiger partial charge in [-0.05, 0) is 76.9 Å². The molecule has 2 nitrogen and oxygen atoms in total. The Balaban J connectivity index is 1.36. The van der Waals surface area contributed by atoms with Crippen molar-refractivity contribution >= 4 is 38.9 Å². The third-order valence-corrected chi connectivity index (χ3v) is 8.75. The largest absolute Gasteiger partial charge is 0.311 e. The van der Waals surface area contributed by atoms with Crippen molar-refractivity contribution in [2.45, 2.75) is 19.3 Å². The van der Waals surface area contributed by atoms with Crippen LogP contribution in [0.4, 0.5) is 17.1 Å². The highest BCUT2D eigenvalue weighted by Gasteiger charge is 2.38. The van der Waals surface area contributed by atoms with Gasteiger partial charge in [-0.2, -0.15) is 0 Å². The quantitative estimate of drug-likeness (QED) is 0.221. The van der Waals surface area contributed by atoms with Crippen LogP contribution in [0.5, 0.6) is 0 Å². The molecule has 1 heterocycles. The molecule has 0 spiro atoms. The van der Waals surface area contributed by atoms with Gasteiger partial charge in [-0.15, -0.1) is 0 Å². The van der Waals surface area contributed by atoms with Crippen LogP contribution >= 0.6 is 0 Å². The normalized spacial score (nSPS) is 13.3. The van der Waals surface area contributed by atoms with E-state index in [-0.39, 0.29) is 5.41 Å². The first-order valence-electron chi connectivity index (χ1n) is 14.3. The minimum Gasteiger partial charge on any atom is -0.311 e. The minimum absolute atomic E-state index is 0.102. The first-order chi connectivity index (χ1) is 20.1. The molecule has 0 fully saturated rings. The van der Waals surface area contributed by atoms with Crippen molar-refractivity contribution in [1.29, 1.82) is 0 Å². The van der Waals surface area contributed by atoms with Crippen LogP contribution in [-0.2, 0) is 5.41 Å². The van der Waals surface area contributed by atoms with Crippen LogP contribution in [0, 0.1) is 0 Å². The van der Waals surface area contributed by atoms with E-state index in [0.29, 0.717) is 0 Å². The summed E-state index contributed by atoms with van der Waals surface area (Å²) in [4.78, 5) is 2.31. The van der Waals surface area contributed by atoms with Crippen LogP contribution in [-0.4, -0.2) is 4.57 Å². The number of anilines is 3. The van der Waals surface area contributed by atoms with E-state index in [4.69, 9.17) is 0 Å². The third-order valence-electron chi connectivity index (χ3n) is 8.75. The average molecular weight is 527 g/mol. The zero-order valence-electron chi connectivity index (χ0n) is 23.3. The Morgan fingerprint density at radius 2 is 1.07 bits per heavy atom. The van der Waals surface area contributed by atoms with E-state index in [2.05, 4.69) is 169 Å². The van der Waals surface area contributed by atoms with Crippen LogP contribution in [0.25, 0.3) is 38.6 Å². The Kier molecular flexibility index (Phi) is 5.20. The standard InChI is InChI=1S/C39H30N2/c1-39(2)35-19-11-9-17-31(35)33-25-26-34-32-18-10-12-20-36(32)41(38(34)37(33)39)30-23-21-29(22-24-30)40(27-13-5-3-6-14-27)28-15-7-4-8-16-28/h3-26H,1-2H3. The number of hydrogen-bond acceptors (Lipinski definition) is 1. The number of nitrogens with zero attached hydrogens (tertiary/aromatic N) is 2. The molecule has 0 N–H and O–H groups in total. The molecule has 8 rings (SSSR count). The molecule has 41 heavy (non-hydrogen) atoms. The van der Waals surface area contributed by atoms with Gasteiger partial charge in [0.05, 0.1) is 11.0 Å². The van der Waals surface area contributed by atoms with Crippen LogP contribution in [0.15, 0.2) is 146 Å². The van der Waals surface area contributed by atoms with E-state index >= 15 is 0 Å². The van der Waals surface area contributed by atoms with Crippen LogP contribution in [0.1, 0.15) is 25.0 Å². The highest BCUT2D eigenvalue weighted by Crippen LogP contribution is 2.52. The number of rotatable bonds is 4. The maximum Gasteiger partial charge on any atom is 0.0588 e. The fourth-order valence-corrected chi connectivity index (χ4v) is 6.93. The van der Waals surface area contributed by atoms with Crippen molar-refractivity contribution < 1.29 is 0 Å². The Hall–Kier alpha value is -5.08. The summed E-state index contributed by atoms with van der Waals surface area (Å²) in [5.41, 5.74) is 12.5. The molecular formula is C39H30N2. The van der Waals surface area contributed by atoms with Crippen LogP contribution < -0.4 is 4.90 Å². The zero-order valence-corrected chi connectivity index (χ0v) is 23.3. The van der Waals surface area contributed by atoms with Crippen molar-refractivity contribution in [2.24, 2.45) is 0 Å². The van der Waals surface area contributed by atoms with Crippen LogP contribution in [0.3, 0.4) is 0 Å². The highest BCUT2D eigenvalue weighted by atomic mass is 15.1. The summed E-state index contributed by atoms with van der Waals surface area (Å²) in [6, 6.07) is 52.6. The summed E-state index contributed by atoms with van der Waals surface area (Å²) in [5.74, 6) is 0. The number of aromatic nitrogens is 1. The second-order valence-electron chi connectivity index (χ2n) is 11.4. The summed E-state index contributed by atoms with van der Waals surface area (Å²) in [7, 11) is 0. The van der Waals surface area contributed by atoms with Gasteiger partial charge in [0.25, 0.3) is 0 Å². The van der Waals surface area contributed by atoms with Gasteiger partial charge < -0.3 is 9.47 Å². The van der Waals surface area contributed by atoms with E-state index in [1.165, 1.54) is 49.7 Å². The first-order valence-corrected chi connectivity index (χ1v) is 14.3. The molecule has 0 unspecified atom stereocenters. The molecule has 0 amide bonds. The van der Waals surface area contributed by atoms with Crippen molar-refractivity contribution in [3.05, 3.63) is 157 Å².